The fourth-order valence-electron chi connectivity index (χ4n) is 2.74. The van der Waals surface area contributed by atoms with Gasteiger partial charge in [-0.05, 0) is 0 Å². The highest BCUT2D eigenvalue weighted by atomic mass is 79.9. The van der Waals surface area contributed by atoms with E-state index < -0.39 is 8.07 Å². The first kappa shape index (κ1) is 12.0. The van der Waals surface area contributed by atoms with Crippen LogP contribution in [0.25, 0.3) is 0 Å². The average molecular weight is 278 g/mol. The van der Waals surface area contributed by atoms with Crippen molar-refractivity contribution in [2.45, 2.75) is 63.0 Å². The summed E-state index contributed by atoms with van der Waals surface area (Å²) in [5.41, 5.74) is 0. The van der Waals surface area contributed by atoms with Crippen molar-refractivity contribution in [3.05, 3.63) is 0 Å². The summed E-state index contributed by atoms with van der Waals surface area (Å²) in [7, 11) is -0.781. The summed E-state index contributed by atoms with van der Waals surface area (Å²) in [6.07, 6.45) is 2.88. The SMILES string of the molecule is CCC[Si]1(CCC)CC[Si](Br)CC1. The minimum atomic E-state index is -0.729. The lowest BCUT2D eigenvalue weighted by Crippen LogP contribution is -2.38. The van der Waals surface area contributed by atoms with E-state index in [0.29, 0.717) is 0 Å². The van der Waals surface area contributed by atoms with Crippen molar-refractivity contribution >= 4 is 30.8 Å². The maximum atomic E-state index is 3.87. The second-order valence-electron chi connectivity index (χ2n) is 4.52. The van der Waals surface area contributed by atoms with Crippen LogP contribution in [0.4, 0.5) is 0 Å². The molecule has 0 bridgehead atoms. The fraction of sp³-hybridized carbons (Fsp3) is 1.00. The third-order valence-corrected chi connectivity index (χ3v) is 14.1. The lowest BCUT2D eigenvalue weighted by atomic mass is 10.6. The van der Waals surface area contributed by atoms with Gasteiger partial charge in [0, 0.05) is 0 Å². The Balaban J connectivity index is 2.47. The first-order chi connectivity index (χ1) is 6.22. The molecule has 13 heavy (non-hydrogen) atoms. The van der Waals surface area contributed by atoms with Gasteiger partial charge in [0.1, 0.15) is 7.42 Å². The Morgan fingerprint density at radius 2 is 1.54 bits per heavy atom. The molecule has 0 saturated carbocycles. The Bertz CT molecular complexity index is 134. The maximum absolute atomic E-state index is 3.87. The molecule has 3 heteroatoms. The van der Waals surface area contributed by atoms with Gasteiger partial charge in [0.2, 0.25) is 0 Å². The molecule has 0 atom stereocenters. The van der Waals surface area contributed by atoms with Gasteiger partial charge >= 0.3 is 0 Å². The first-order valence-corrected chi connectivity index (χ1v) is 12.7. The molecule has 1 rings (SSSR count). The molecule has 1 aliphatic heterocycles. The Kier molecular flexibility index (Phi) is 5.27. The minimum Gasteiger partial charge on any atom is -0.129 e. The summed E-state index contributed by atoms with van der Waals surface area (Å²) >= 11 is 3.87. The van der Waals surface area contributed by atoms with Gasteiger partial charge < -0.3 is 0 Å². The molecular weight excluding hydrogens is 256 g/mol. The molecule has 0 aliphatic carbocycles. The molecule has 0 N–H and O–H groups in total. The largest absolute Gasteiger partial charge is 0.134 e. The highest BCUT2D eigenvalue weighted by molar-refractivity contribution is 9.24. The molecule has 0 unspecified atom stereocenters. The number of hydrogen-bond acceptors (Lipinski definition) is 0. The molecule has 0 aromatic carbocycles. The van der Waals surface area contributed by atoms with Crippen molar-refractivity contribution < 1.29 is 0 Å². The topological polar surface area (TPSA) is 0 Å². The summed E-state index contributed by atoms with van der Waals surface area (Å²) < 4.78 is 0. The van der Waals surface area contributed by atoms with Crippen LogP contribution in [0.5, 0.6) is 0 Å². The van der Waals surface area contributed by atoms with E-state index in [0.717, 1.165) is 0 Å². The molecule has 0 nitrogen and oxygen atoms in total. The van der Waals surface area contributed by atoms with E-state index in [4.69, 9.17) is 0 Å². The number of halogens is 1. The molecule has 1 fully saturated rings. The summed E-state index contributed by atoms with van der Waals surface area (Å²) in [6.45, 7) is 4.75. The monoisotopic (exact) mass is 277 g/mol. The Labute approximate surface area is 93.7 Å². The summed E-state index contributed by atoms with van der Waals surface area (Å²) in [6, 6.07) is 9.65. The molecule has 77 valence electrons. The standard InChI is InChI=1S/C10H22BrSi2/c1-3-7-13(8-4-2)9-5-12(11)6-10-13/h3-10H2,1-2H3. The Morgan fingerprint density at radius 3 is 1.92 bits per heavy atom. The first-order valence-electron chi connectivity index (χ1n) is 5.72. The van der Waals surface area contributed by atoms with Crippen LogP contribution >= 0.6 is 15.3 Å². The van der Waals surface area contributed by atoms with Gasteiger partial charge in [-0.15, -0.1) is 15.3 Å². The smallest absolute Gasteiger partial charge is 0.129 e. The van der Waals surface area contributed by atoms with Crippen molar-refractivity contribution in [1.29, 1.82) is 0 Å². The van der Waals surface area contributed by atoms with Crippen LogP contribution in [0.3, 0.4) is 0 Å². The van der Waals surface area contributed by atoms with E-state index in [-0.39, 0.29) is 7.42 Å². The maximum Gasteiger partial charge on any atom is 0.134 e. The van der Waals surface area contributed by atoms with Crippen molar-refractivity contribution in [3.8, 4) is 0 Å². The second-order valence-corrected chi connectivity index (χ2v) is 14.9. The highest BCUT2D eigenvalue weighted by Gasteiger charge is 2.35. The van der Waals surface area contributed by atoms with E-state index >= 15 is 0 Å². The zero-order chi connectivity index (χ0) is 9.73. The van der Waals surface area contributed by atoms with E-state index in [1.807, 2.05) is 0 Å². The van der Waals surface area contributed by atoms with Crippen LogP contribution in [0.15, 0.2) is 0 Å². The van der Waals surface area contributed by atoms with Crippen LogP contribution in [0.1, 0.15) is 26.7 Å². The zero-order valence-electron chi connectivity index (χ0n) is 9.03. The Morgan fingerprint density at radius 1 is 1.08 bits per heavy atom. The van der Waals surface area contributed by atoms with Crippen LogP contribution in [0, 0.1) is 0 Å². The number of hydrogen-bond donors (Lipinski definition) is 0. The van der Waals surface area contributed by atoms with Gasteiger partial charge in [-0.3, -0.25) is 0 Å². The van der Waals surface area contributed by atoms with Crippen molar-refractivity contribution in [1.82, 2.24) is 0 Å². The molecule has 0 amide bonds. The van der Waals surface area contributed by atoms with E-state index in [9.17, 15) is 0 Å². The molecule has 1 saturated heterocycles. The van der Waals surface area contributed by atoms with E-state index in [2.05, 4.69) is 29.1 Å². The molecule has 1 aliphatic rings. The van der Waals surface area contributed by atoms with E-state index in [1.54, 1.807) is 36.3 Å². The van der Waals surface area contributed by atoms with Crippen molar-refractivity contribution in [3.63, 3.8) is 0 Å². The van der Waals surface area contributed by atoms with Gasteiger partial charge in [0.15, 0.2) is 0 Å². The molecule has 1 radical (unpaired) electrons. The molecule has 1 heterocycles. The number of rotatable bonds is 4. The van der Waals surface area contributed by atoms with E-state index in [1.165, 1.54) is 12.8 Å². The van der Waals surface area contributed by atoms with Gasteiger partial charge in [0.05, 0.1) is 8.07 Å². The molecule has 0 aromatic heterocycles. The second kappa shape index (κ2) is 5.71. The minimum absolute atomic E-state index is 0.0519. The normalized spacial score (nSPS) is 23.3. The van der Waals surface area contributed by atoms with Gasteiger partial charge in [-0.1, -0.05) is 63.0 Å². The van der Waals surface area contributed by atoms with Crippen LogP contribution < -0.4 is 0 Å². The third kappa shape index (κ3) is 3.52. The van der Waals surface area contributed by atoms with Gasteiger partial charge in [-0.2, -0.15) is 0 Å². The van der Waals surface area contributed by atoms with Crippen LogP contribution in [-0.2, 0) is 0 Å². The lowest BCUT2D eigenvalue weighted by Gasteiger charge is -2.36. The fourth-order valence-corrected chi connectivity index (χ4v) is 16.6. The molecule has 0 aromatic rings. The van der Waals surface area contributed by atoms with Crippen LogP contribution in [-0.4, -0.2) is 15.5 Å². The zero-order valence-corrected chi connectivity index (χ0v) is 12.6. The van der Waals surface area contributed by atoms with Gasteiger partial charge in [0.25, 0.3) is 0 Å². The summed E-state index contributed by atoms with van der Waals surface area (Å²) in [4.78, 5) is 0. The van der Waals surface area contributed by atoms with Crippen molar-refractivity contribution in [2.75, 3.05) is 0 Å². The summed E-state index contributed by atoms with van der Waals surface area (Å²) in [5.74, 6) is 0. The van der Waals surface area contributed by atoms with Crippen molar-refractivity contribution in [2.24, 2.45) is 0 Å². The Hall–Kier alpha value is 0.914. The lowest BCUT2D eigenvalue weighted by molar-refractivity contribution is 0.930. The third-order valence-electron chi connectivity index (χ3n) is 3.41. The average Bonchev–Trinajstić information content (AvgIpc) is 2.11. The summed E-state index contributed by atoms with van der Waals surface area (Å²) in [5, 5.41) is 0. The highest BCUT2D eigenvalue weighted by Crippen LogP contribution is 2.38. The predicted molar refractivity (Wildman–Crippen MR) is 69.9 cm³/mol. The molecular formula is C10H22BrSi2. The van der Waals surface area contributed by atoms with Crippen LogP contribution in [0.2, 0.25) is 36.3 Å². The quantitative estimate of drug-likeness (QED) is 0.518. The van der Waals surface area contributed by atoms with Gasteiger partial charge in [-0.25, -0.2) is 0 Å². The molecule has 0 spiro atoms. The predicted octanol–water partition coefficient (Wildman–Crippen LogP) is 4.66.